The molecule has 130 valence electrons. The van der Waals surface area contributed by atoms with Crippen LogP contribution in [0.2, 0.25) is 0 Å². The Bertz CT molecular complexity index is 665. The van der Waals surface area contributed by atoms with Crippen molar-refractivity contribution in [3.8, 4) is 0 Å². The largest absolute Gasteiger partial charge is 0.357 e. The van der Waals surface area contributed by atoms with Crippen molar-refractivity contribution in [3.63, 3.8) is 0 Å². The van der Waals surface area contributed by atoms with Gasteiger partial charge < -0.3 is 10.2 Å². The number of aromatic nitrogens is 4. The Labute approximate surface area is 142 Å². The molecule has 0 radical (unpaired) electrons. The van der Waals surface area contributed by atoms with E-state index in [1.165, 1.54) is 0 Å². The Morgan fingerprint density at radius 3 is 2.54 bits per heavy atom. The number of urea groups is 1. The first-order valence-electron chi connectivity index (χ1n) is 7.96. The van der Waals surface area contributed by atoms with Crippen LogP contribution in [0.25, 0.3) is 0 Å². The van der Waals surface area contributed by atoms with Gasteiger partial charge in [0.25, 0.3) is 0 Å². The molecule has 8 nitrogen and oxygen atoms in total. The van der Waals surface area contributed by atoms with Crippen LogP contribution in [-0.2, 0) is 6.54 Å². The summed E-state index contributed by atoms with van der Waals surface area (Å²) in [6, 6.07) is 1.80. The molecule has 0 aliphatic rings. The first-order chi connectivity index (χ1) is 11.4. The fourth-order valence-corrected chi connectivity index (χ4v) is 2.14. The zero-order chi connectivity index (χ0) is 17.7. The molecule has 2 amide bonds. The summed E-state index contributed by atoms with van der Waals surface area (Å²) < 4.78 is 1.83. The van der Waals surface area contributed by atoms with Crippen molar-refractivity contribution in [2.45, 2.75) is 33.4 Å². The molecule has 1 atom stereocenters. The zero-order valence-corrected chi connectivity index (χ0v) is 14.8. The van der Waals surface area contributed by atoms with Gasteiger partial charge in [-0.3, -0.25) is 5.32 Å². The van der Waals surface area contributed by atoms with Crippen LogP contribution in [0.1, 0.15) is 32.4 Å². The van der Waals surface area contributed by atoms with Crippen molar-refractivity contribution in [1.29, 1.82) is 0 Å². The number of carbonyl (C=O) groups excluding carboxylic acids is 1. The summed E-state index contributed by atoms with van der Waals surface area (Å²) in [6.07, 6.45) is 5.10. The van der Waals surface area contributed by atoms with Gasteiger partial charge in [-0.1, -0.05) is 13.8 Å². The van der Waals surface area contributed by atoms with Gasteiger partial charge in [0.05, 0.1) is 18.8 Å². The molecule has 0 saturated carbocycles. The molecule has 0 aromatic carbocycles. The highest BCUT2D eigenvalue weighted by Crippen LogP contribution is 2.21. The van der Waals surface area contributed by atoms with Gasteiger partial charge in [-0.2, -0.15) is 5.10 Å². The van der Waals surface area contributed by atoms with Crippen molar-refractivity contribution in [2.24, 2.45) is 5.92 Å². The van der Waals surface area contributed by atoms with Gasteiger partial charge in [-0.25, -0.2) is 19.4 Å². The highest BCUT2D eigenvalue weighted by Gasteiger charge is 2.17. The Morgan fingerprint density at radius 1 is 1.29 bits per heavy atom. The number of hydrogen-bond donors (Lipinski definition) is 2. The van der Waals surface area contributed by atoms with E-state index < -0.39 is 0 Å². The maximum atomic E-state index is 12.4. The van der Waals surface area contributed by atoms with Gasteiger partial charge in [-0.05, 0) is 12.8 Å². The van der Waals surface area contributed by atoms with Gasteiger partial charge in [-0.15, -0.1) is 0 Å². The van der Waals surface area contributed by atoms with Crippen LogP contribution >= 0.6 is 0 Å². The van der Waals surface area contributed by atoms with Crippen LogP contribution < -0.4 is 10.6 Å². The van der Waals surface area contributed by atoms with Gasteiger partial charge in [0.15, 0.2) is 0 Å². The molecular formula is C16H25N7O. The predicted molar refractivity (Wildman–Crippen MR) is 93.8 cm³/mol. The smallest absolute Gasteiger partial charge is 0.323 e. The summed E-state index contributed by atoms with van der Waals surface area (Å²) in [6.45, 7) is 6.75. The molecule has 0 aliphatic carbocycles. The van der Waals surface area contributed by atoms with E-state index in [0.717, 1.165) is 5.56 Å². The first-order valence-corrected chi connectivity index (χ1v) is 7.96. The summed E-state index contributed by atoms with van der Waals surface area (Å²) >= 11 is 0. The lowest BCUT2D eigenvalue weighted by atomic mass is 10.1. The molecule has 0 bridgehead atoms. The third-order valence-corrected chi connectivity index (χ3v) is 3.95. The monoisotopic (exact) mass is 331 g/mol. The topological polar surface area (TPSA) is 88.0 Å². The standard InChI is InChI=1S/C16H25N7O/c1-11(2)12(3)23-14(6-7-20-23)21-16(24)22(5)10-13-8-18-15(17-4)19-9-13/h6-9,11-12H,10H2,1-5H3,(H,21,24)(H,17,18,19)/t12-/m1/s1. The molecule has 0 saturated heterocycles. The summed E-state index contributed by atoms with van der Waals surface area (Å²) in [5, 5.41) is 10.1. The highest BCUT2D eigenvalue weighted by atomic mass is 16.2. The van der Waals surface area contributed by atoms with Crippen LogP contribution in [-0.4, -0.2) is 44.8 Å². The third-order valence-electron chi connectivity index (χ3n) is 3.95. The maximum absolute atomic E-state index is 12.4. The van der Waals surface area contributed by atoms with Crippen LogP contribution in [0, 0.1) is 5.92 Å². The Morgan fingerprint density at radius 2 is 1.96 bits per heavy atom. The molecule has 24 heavy (non-hydrogen) atoms. The van der Waals surface area contributed by atoms with Crippen LogP contribution in [0.3, 0.4) is 0 Å². The number of rotatable bonds is 6. The minimum absolute atomic E-state index is 0.197. The summed E-state index contributed by atoms with van der Waals surface area (Å²) in [4.78, 5) is 22.3. The van der Waals surface area contributed by atoms with Gasteiger partial charge in [0, 0.05) is 38.1 Å². The fraction of sp³-hybridized carbons (Fsp3) is 0.500. The van der Waals surface area contributed by atoms with Crippen LogP contribution in [0.15, 0.2) is 24.7 Å². The molecule has 0 spiro atoms. The summed E-state index contributed by atoms with van der Waals surface area (Å²) in [7, 11) is 3.49. The summed E-state index contributed by atoms with van der Waals surface area (Å²) in [5.41, 5.74) is 0.857. The van der Waals surface area contributed by atoms with E-state index in [1.54, 1.807) is 43.7 Å². The van der Waals surface area contributed by atoms with Gasteiger partial charge in [0.1, 0.15) is 5.82 Å². The molecule has 2 heterocycles. The van der Waals surface area contributed by atoms with Gasteiger partial charge in [0.2, 0.25) is 5.95 Å². The van der Waals surface area contributed by atoms with E-state index in [1.807, 2.05) is 4.68 Å². The van der Waals surface area contributed by atoms with Crippen molar-refractivity contribution in [3.05, 3.63) is 30.2 Å². The quantitative estimate of drug-likeness (QED) is 0.849. The van der Waals surface area contributed by atoms with E-state index in [-0.39, 0.29) is 12.1 Å². The Hall–Kier alpha value is -2.64. The SMILES string of the molecule is CNc1ncc(CN(C)C(=O)Nc2ccnn2[C@H](C)C(C)C)cn1. The highest BCUT2D eigenvalue weighted by molar-refractivity contribution is 5.88. The zero-order valence-electron chi connectivity index (χ0n) is 14.8. The first kappa shape index (κ1) is 17.7. The lowest BCUT2D eigenvalue weighted by Gasteiger charge is -2.21. The Kier molecular flexibility index (Phi) is 5.73. The molecular weight excluding hydrogens is 306 g/mol. The number of carbonyl (C=O) groups is 1. The average molecular weight is 331 g/mol. The van der Waals surface area contributed by atoms with E-state index in [4.69, 9.17) is 0 Å². The second-order valence-electron chi connectivity index (χ2n) is 6.10. The molecule has 2 aromatic rings. The van der Waals surface area contributed by atoms with E-state index in [0.29, 0.717) is 24.2 Å². The van der Waals surface area contributed by atoms with E-state index >= 15 is 0 Å². The molecule has 2 N–H and O–H groups in total. The van der Waals surface area contributed by atoms with Crippen LogP contribution in [0.5, 0.6) is 0 Å². The predicted octanol–water partition coefficient (Wildman–Crippen LogP) is 2.60. The van der Waals surface area contributed by atoms with Crippen molar-refractivity contribution >= 4 is 17.8 Å². The molecule has 0 unspecified atom stereocenters. The number of amides is 2. The fourth-order valence-electron chi connectivity index (χ4n) is 2.14. The van der Waals surface area contributed by atoms with Crippen molar-refractivity contribution in [1.82, 2.24) is 24.6 Å². The maximum Gasteiger partial charge on any atom is 0.323 e. The second-order valence-corrected chi connectivity index (χ2v) is 6.10. The molecule has 2 aromatic heterocycles. The van der Waals surface area contributed by atoms with Crippen molar-refractivity contribution < 1.29 is 4.79 Å². The number of nitrogens with one attached hydrogen (secondary N) is 2. The van der Waals surface area contributed by atoms with E-state index in [9.17, 15) is 4.79 Å². The molecule has 0 aliphatic heterocycles. The van der Waals surface area contributed by atoms with E-state index in [2.05, 4.69) is 46.5 Å². The third kappa shape index (κ3) is 4.21. The normalized spacial score (nSPS) is 12.1. The molecule has 0 fully saturated rings. The minimum Gasteiger partial charge on any atom is -0.357 e. The average Bonchev–Trinajstić information content (AvgIpc) is 3.02. The second kappa shape index (κ2) is 7.76. The number of nitrogens with zero attached hydrogens (tertiary/aromatic N) is 5. The van der Waals surface area contributed by atoms with Crippen molar-refractivity contribution in [2.75, 3.05) is 24.7 Å². The van der Waals surface area contributed by atoms with Gasteiger partial charge >= 0.3 is 6.03 Å². The number of anilines is 2. The Balaban J connectivity index is 2.00. The molecule has 2 rings (SSSR count). The number of hydrogen-bond acceptors (Lipinski definition) is 5. The lowest BCUT2D eigenvalue weighted by Crippen LogP contribution is -2.32. The summed E-state index contributed by atoms with van der Waals surface area (Å²) in [5.74, 6) is 1.66. The molecule has 8 heteroatoms. The van der Waals surface area contributed by atoms with Crippen LogP contribution in [0.4, 0.5) is 16.6 Å². The lowest BCUT2D eigenvalue weighted by molar-refractivity contribution is 0.220. The minimum atomic E-state index is -0.203.